The van der Waals surface area contributed by atoms with Crippen molar-refractivity contribution in [3.8, 4) is 0 Å². The number of carbonyl (C=O) groups is 1. The van der Waals surface area contributed by atoms with Crippen molar-refractivity contribution in [1.29, 1.82) is 0 Å². The van der Waals surface area contributed by atoms with Gasteiger partial charge in [-0.2, -0.15) is 0 Å². The van der Waals surface area contributed by atoms with Crippen molar-refractivity contribution >= 4 is 44.8 Å². The van der Waals surface area contributed by atoms with Crippen LogP contribution in [0.2, 0.25) is 5.02 Å². The summed E-state index contributed by atoms with van der Waals surface area (Å²) in [5.41, 5.74) is 1.54. The zero-order valence-corrected chi connectivity index (χ0v) is 12.8. The highest BCUT2D eigenvalue weighted by Crippen LogP contribution is 2.22. The van der Waals surface area contributed by atoms with Gasteiger partial charge in [-0.05, 0) is 58.7 Å². The molecule has 0 aliphatic carbocycles. The fourth-order valence-corrected chi connectivity index (χ4v) is 3.04. The van der Waals surface area contributed by atoms with Crippen LogP contribution in [-0.4, -0.2) is 5.91 Å². The van der Waals surface area contributed by atoms with Gasteiger partial charge in [0.25, 0.3) is 5.91 Å². The summed E-state index contributed by atoms with van der Waals surface area (Å²) in [5, 5.41) is 3.56. The van der Waals surface area contributed by atoms with Crippen LogP contribution in [0.5, 0.6) is 0 Å². The molecule has 18 heavy (non-hydrogen) atoms. The molecule has 1 heterocycles. The van der Waals surface area contributed by atoms with Crippen molar-refractivity contribution in [2.75, 3.05) is 0 Å². The molecule has 0 aliphatic heterocycles. The Bertz CT molecular complexity index is 582. The molecule has 2 aromatic rings. The Balaban J connectivity index is 2.01. The first-order valence-electron chi connectivity index (χ1n) is 5.35. The molecule has 0 fully saturated rings. The predicted molar refractivity (Wildman–Crippen MR) is 79.4 cm³/mol. The lowest BCUT2D eigenvalue weighted by Gasteiger charge is -2.05. The van der Waals surface area contributed by atoms with Crippen LogP contribution in [-0.2, 0) is 6.54 Å². The number of halogens is 2. The minimum absolute atomic E-state index is 0.0840. The van der Waals surface area contributed by atoms with E-state index in [1.54, 1.807) is 29.5 Å². The summed E-state index contributed by atoms with van der Waals surface area (Å²) in [5.74, 6) is -0.0840. The van der Waals surface area contributed by atoms with Crippen LogP contribution in [0.15, 0.2) is 34.1 Å². The molecule has 0 saturated heterocycles. The molecule has 0 aliphatic rings. The molecule has 0 radical (unpaired) electrons. The smallest absolute Gasteiger partial charge is 0.251 e. The van der Waals surface area contributed by atoms with Gasteiger partial charge in [0.1, 0.15) is 0 Å². The van der Waals surface area contributed by atoms with E-state index in [9.17, 15) is 4.79 Å². The highest BCUT2D eigenvalue weighted by molar-refractivity contribution is 9.11. The molecule has 1 N–H and O–H groups in total. The van der Waals surface area contributed by atoms with Crippen LogP contribution in [0, 0.1) is 6.92 Å². The second-order valence-electron chi connectivity index (χ2n) is 3.85. The summed E-state index contributed by atoms with van der Waals surface area (Å²) in [7, 11) is 0. The number of thiophene rings is 1. The van der Waals surface area contributed by atoms with Crippen molar-refractivity contribution in [3.63, 3.8) is 0 Å². The van der Waals surface area contributed by atoms with Gasteiger partial charge < -0.3 is 5.32 Å². The van der Waals surface area contributed by atoms with Crippen molar-refractivity contribution in [2.45, 2.75) is 13.5 Å². The Hall–Kier alpha value is -0.840. The fourth-order valence-electron chi connectivity index (χ4n) is 1.50. The SMILES string of the molecule is Cc1cc(C(=O)NCc2ccc(Br)s2)ccc1Cl. The van der Waals surface area contributed by atoms with Gasteiger partial charge in [-0.15, -0.1) is 11.3 Å². The van der Waals surface area contributed by atoms with E-state index in [1.165, 1.54) is 0 Å². The first-order chi connectivity index (χ1) is 8.56. The van der Waals surface area contributed by atoms with Gasteiger partial charge in [0.2, 0.25) is 0 Å². The summed E-state index contributed by atoms with van der Waals surface area (Å²) in [4.78, 5) is 13.0. The lowest BCUT2D eigenvalue weighted by molar-refractivity contribution is 0.0951. The summed E-state index contributed by atoms with van der Waals surface area (Å²) in [6.45, 7) is 2.42. The average Bonchev–Trinajstić information content (AvgIpc) is 2.75. The van der Waals surface area contributed by atoms with Crippen LogP contribution in [0.25, 0.3) is 0 Å². The molecular weight excluding hydrogens is 334 g/mol. The molecule has 94 valence electrons. The van der Waals surface area contributed by atoms with Crippen molar-refractivity contribution < 1.29 is 4.79 Å². The van der Waals surface area contributed by atoms with Crippen LogP contribution in [0.1, 0.15) is 20.8 Å². The first-order valence-corrected chi connectivity index (χ1v) is 7.33. The number of benzene rings is 1. The summed E-state index contributed by atoms with van der Waals surface area (Å²) in [6.07, 6.45) is 0. The van der Waals surface area contributed by atoms with Crippen molar-refractivity contribution in [1.82, 2.24) is 5.32 Å². The van der Waals surface area contributed by atoms with Gasteiger partial charge in [0.15, 0.2) is 0 Å². The highest BCUT2D eigenvalue weighted by atomic mass is 79.9. The van der Waals surface area contributed by atoms with Crippen molar-refractivity contribution in [3.05, 3.63) is 55.1 Å². The number of aryl methyl sites for hydroxylation is 1. The molecule has 0 atom stereocenters. The Morgan fingerprint density at radius 2 is 2.17 bits per heavy atom. The normalized spacial score (nSPS) is 10.4. The predicted octanol–water partition coefficient (Wildman–Crippen LogP) is 4.40. The van der Waals surface area contributed by atoms with Crippen LogP contribution >= 0.6 is 38.9 Å². The van der Waals surface area contributed by atoms with E-state index >= 15 is 0 Å². The Morgan fingerprint density at radius 1 is 1.39 bits per heavy atom. The molecule has 0 spiro atoms. The third-order valence-electron chi connectivity index (χ3n) is 2.47. The number of carbonyl (C=O) groups excluding carboxylic acids is 1. The Labute approximate surface area is 123 Å². The monoisotopic (exact) mass is 343 g/mol. The maximum atomic E-state index is 11.9. The summed E-state index contributed by atoms with van der Waals surface area (Å²) in [6, 6.07) is 9.23. The maximum absolute atomic E-state index is 11.9. The van der Waals surface area contributed by atoms with Gasteiger partial charge in [0.05, 0.1) is 10.3 Å². The molecule has 1 aromatic carbocycles. The Morgan fingerprint density at radius 3 is 2.78 bits per heavy atom. The second-order valence-corrected chi connectivity index (χ2v) is 6.81. The van der Waals surface area contributed by atoms with E-state index in [2.05, 4.69) is 21.2 Å². The zero-order valence-electron chi connectivity index (χ0n) is 9.67. The fraction of sp³-hybridized carbons (Fsp3) is 0.154. The first kappa shape index (κ1) is 13.6. The van der Waals surface area contributed by atoms with E-state index in [-0.39, 0.29) is 5.91 Å². The van der Waals surface area contributed by atoms with Gasteiger partial charge in [0, 0.05) is 15.5 Å². The molecule has 1 aromatic heterocycles. The van der Waals surface area contributed by atoms with Crippen LogP contribution in [0.3, 0.4) is 0 Å². The zero-order chi connectivity index (χ0) is 13.1. The van der Waals surface area contributed by atoms with Gasteiger partial charge in [-0.25, -0.2) is 0 Å². The molecular formula is C13H11BrClNOS. The lowest BCUT2D eigenvalue weighted by Crippen LogP contribution is -2.22. The molecule has 5 heteroatoms. The quantitative estimate of drug-likeness (QED) is 0.878. The largest absolute Gasteiger partial charge is 0.347 e. The standard InChI is InChI=1S/C13H11BrClNOS/c1-8-6-9(2-4-11(8)15)13(17)16-7-10-3-5-12(14)18-10/h2-6H,7H2,1H3,(H,16,17). The average molecular weight is 345 g/mol. The number of amides is 1. The summed E-state index contributed by atoms with van der Waals surface area (Å²) < 4.78 is 1.06. The van der Waals surface area contributed by atoms with Crippen LogP contribution < -0.4 is 5.32 Å². The number of hydrogen-bond donors (Lipinski definition) is 1. The minimum Gasteiger partial charge on any atom is -0.347 e. The van der Waals surface area contributed by atoms with Gasteiger partial charge in [-0.3, -0.25) is 4.79 Å². The van der Waals surface area contributed by atoms with E-state index < -0.39 is 0 Å². The molecule has 0 unspecified atom stereocenters. The molecule has 1 amide bonds. The number of hydrogen-bond acceptors (Lipinski definition) is 2. The number of rotatable bonds is 3. The molecule has 2 nitrogen and oxygen atoms in total. The van der Waals surface area contributed by atoms with E-state index in [0.29, 0.717) is 17.1 Å². The lowest BCUT2D eigenvalue weighted by atomic mass is 10.1. The van der Waals surface area contributed by atoms with Crippen molar-refractivity contribution in [2.24, 2.45) is 0 Å². The molecule has 0 saturated carbocycles. The van der Waals surface area contributed by atoms with Gasteiger partial charge >= 0.3 is 0 Å². The van der Waals surface area contributed by atoms with E-state index in [4.69, 9.17) is 11.6 Å². The second kappa shape index (κ2) is 5.87. The Kier molecular flexibility index (Phi) is 4.43. The van der Waals surface area contributed by atoms with Gasteiger partial charge in [-0.1, -0.05) is 11.6 Å². The van der Waals surface area contributed by atoms with E-state index in [1.807, 2.05) is 19.1 Å². The molecule has 2 rings (SSSR count). The highest BCUT2D eigenvalue weighted by Gasteiger charge is 2.07. The minimum atomic E-state index is -0.0840. The molecule has 0 bridgehead atoms. The van der Waals surface area contributed by atoms with Crippen LogP contribution in [0.4, 0.5) is 0 Å². The third-order valence-corrected chi connectivity index (χ3v) is 4.52. The summed E-state index contributed by atoms with van der Waals surface area (Å²) >= 11 is 10.9. The number of nitrogens with one attached hydrogen (secondary N) is 1. The van der Waals surface area contributed by atoms with E-state index in [0.717, 1.165) is 14.2 Å². The topological polar surface area (TPSA) is 29.1 Å². The maximum Gasteiger partial charge on any atom is 0.251 e. The third kappa shape index (κ3) is 3.34.